The quantitative estimate of drug-likeness (QED) is 0.465. The lowest BCUT2D eigenvalue weighted by Crippen LogP contribution is -2.51. The monoisotopic (exact) mass is 446 g/mol. The Hall–Kier alpha value is -2.00. The number of fused-ring (bicyclic) bond motifs is 2. The third-order valence-corrected chi connectivity index (χ3v) is 8.42. The Kier molecular flexibility index (Phi) is 5.96. The molecular formula is C23H34N4O5. The highest BCUT2D eigenvalue weighted by Crippen LogP contribution is 2.50. The SMILES string of the molecule is C[C@H]([C@H]1C[C@H]2CC[C@H]1C2)N1C(=O)C(=O)N(CN2CCC[C@@H](C(=O)N3CCOCC3)C2)C1=O. The van der Waals surface area contributed by atoms with Crippen molar-refractivity contribution >= 4 is 23.8 Å². The highest BCUT2D eigenvalue weighted by atomic mass is 16.5. The Labute approximate surface area is 189 Å². The van der Waals surface area contributed by atoms with Gasteiger partial charge in [0.05, 0.1) is 25.8 Å². The molecule has 0 aromatic carbocycles. The molecule has 5 amide bonds. The Bertz CT molecular complexity index is 797. The van der Waals surface area contributed by atoms with Crippen LogP contribution in [0, 0.1) is 23.7 Å². The molecule has 3 saturated heterocycles. The molecule has 9 nitrogen and oxygen atoms in total. The van der Waals surface area contributed by atoms with Crippen LogP contribution in [0.4, 0.5) is 4.79 Å². The summed E-state index contributed by atoms with van der Waals surface area (Å²) in [6.45, 7) is 5.58. The number of carbonyl (C=O) groups excluding carboxylic acids is 4. The van der Waals surface area contributed by atoms with Crippen LogP contribution in [0.3, 0.4) is 0 Å². The van der Waals surface area contributed by atoms with E-state index < -0.39 is 17.8 Å². The number of imide groups is 2. The Morgan fingerprint density at radius 1 is 1.03 bits per heavy atom. The summed E-state index contributed by atoms with van der Waals surface area (Å²) in [7, 11) is 0. The van der Waals surface area contributed by atoms with Gasteiger partial charge in [-0.3, -0.25) is 24.2 Å². The van der Waals surface area contributed by atoms with Crippen LogP contribution in [0.1, 0.15) is 45.4 Å². The number of amides is 5. The van der Waals surface area contributed by atoms with Crippen molar-refractivity contribution in [2.75, 3.05) is 46.1 Å². The standard InChI is InChI=1S/C23H34N4O5/c1-15(19-12-16-4-5-17(19)11-16)27-22(30)21(29)26(23(27)31)14-24-6-2-3-18(13-24)20(28)25-7-9-32-10-8-25/h15-19H,2-14H2,1H3/t15-,16+,17+,18-,19-/m1/s1. The number of hydrogen-bond acceptors (Lipinski definition) is 6. The molecule has 5 fully saturated rings. The Morgan fingerprint density at radius 3 is 2.50 bits per heavy atom. The highest BCUT2D eigenvalue weighted by molar-refractivity contribution is 6.44. The molecular weight excluding hydrogens is 412 g/mol. The van der Waals surface area contributed by atoms with E-state index in [1.807, 2.05) is 16.7 Å². The molecule has 0 radical (unpaired) electrons. The van der Waals surface area contributed by atoms with Gasteiger partial charge >= 0.3 is 17.8 Å². The third kappa shape index (κ3) is 3.83. The topological polar surface area (TPSA) is 90.5 Å². The largest absolute Gasteiger partial charge is 0.378 e. The van der Waals surface area contributed by atoms with Crippen molar-refractivity contribution in [1.82, 2.24) is 19.6 Å². The maximum atomic E-state index is 13.2. The van der Waals surface area contributed by atoms with Crippen molar-refractivity contribution in [1.29, 1.82) is 0 Å². The zero-order valence-electron chi connectivity index (χ0n) is 18.9. The van der Waals surface area contributed by atoms with Gasteiger partial charge in [-0.25, -0.2) is 9.69 Å². The molecule has 32 heavy (non-hydrogen) atoms. The fraction of sp³-hybridized carbons (Fsp3) is 0.826. The predicted molar refractivity (Wildman–Crippen MR) is 114 cm³/mol. The molecule has 5 atom stereocenters. The van der Waals surface area contributed by atoms with Gasteiger partial charge in [-0.15, -0.1) is 0 Å². The number of urea groups is 1. The van der Waals surface area contributed by atoms with E-state index in [-0.39, 0.29) is 24.5 Å². The maximum absolute atomic E-state index is 13.2. The molecule has 2 saturated carbocycles. The number of likely N-dealkylation sites (tertiary alicyclic amines) is 1. The summed E-state index contributed by atoms with van der Waals surface area (Å²) < 4.78 is 5.34. The second-order valence-corrected chi connectivity index (χ2v) is 10.3. The lowest BCUT2D eigenvalue weighted by atomic mass is 9.83. The van der Waals surface area contributed by atoms with Gasteiger partial charge in [0, 0.05) is 25.7 Å². The minimum absolute atomic E-state index is 0.0796. The minimum Gasteiger partial charge on any atom is -0.378 e. The van der Waals surface area contributed by atoms with Gasteiger partial charge in [-0.2, -0.15) is 0 Å². The fourth-order valence-electron chi connectivity index (χ4n) is 6.71. The zero-order valence-corrected chi connectivity index (χ0v) is 18.9. The summed E-state index contributed by atoms with van der Waals surface area (Å²) in [6.07, 6.45) is 6.29. The molecule has 3 heterocycles. The summed E-state index contributed by atoms with van der Waals surface area (Å²) in [5.41, 5.74) is 0. The van der Waals surface area contributed by atoms with E-state index in [9.17, 15) is 19.2 Å². The molecule has 176 valence electrons. The number of nitrogens with zero attached hydrogens (tertiary/aromatic N) is 4. The molecule has 0 aromatic rings. The number of rotatable bonds is 5. The van der Waals surface area contributed by atoms with Gasteiger partial charge in [-0.05, 0) is 63.3 Å². The Morgan fingerprint density at radius 2 is 1.81 bits per heavy atom. The zero-order chi connectivity index (χ0) is 22.4. The first-order valence-corrected chi connectivity index (χ1v) is 12.2. The first-order valence-electron chi connectivity index (χ1n) is 12.2. The van der Waals surface area contributed by atoms with Crippen LogP contribution in [-0.2, 0) is 19.1 Å². The van der Waals surface area contributed by atoms with Crippen LogP contribution < -0.4 is 0 Å². The van der Waals surface area contributed by atoms with Crippen LogP contribution in [0.25, 0.3) is 0 Å². The van der Waals surface area contributed by atoms with E-state index in [0.717, 1.165) is 24.2 Å². The average Bonchev–Trinajstić information content (AvgIpc) is 3.50. The molecule has 9 heteroatoms. The summed E-state index contributed by atoms with van der Waals surface area (Å²) in [5, 5.41) is 0. The number of hydrogen-bond donors (Lipinski definition) is 0. The number of piperidine rings is 1. The van der Waals surface area contributed by atoms with E-state index in [0.29, 0.717) is 57.1 Å². The van der Waals surface area contributed by atoms with Crippen molar-refractivity contribution in [3.8, 4) is 0 Å². The summed E-state index contributed by atoms with van der Waals surface area (Å²) in [5.74, 6) is 0.138. The third-order valence-electron chi connectivity index (χ3n) is 8.42. The van der Waals surface area contributed by atoms with Crippen LogP contribution in [0.15, 0.2) is 0 Å². The van der Waals surface area contributed by atoms with Crippen molar-refractivity contribution in [3.05, 3.63) is 0 Å². The van der Waals surface area contributed by atoms with Crippen molar-refractivity contribution in [2.24, 2.45) is 23.7 Å². The average molecular weight is 447 g/mol. The van der Waals surface area contributed by atoms with Crippen molar-refractivity contribution in [2.45, 2.75) is 51.5 Å². The predicted octanol–water partition coefficient (Wildman–Crippen LogP) is 1.13. The van der Waals surface area contributed by atoms with Crippen LogP contribution in [0.5, 0.6) is 0 Å². The normalized spacial score (nSPS) is 34.7. The van der Waals surface area contributed by atoms with Crippen molar-refractivity contribution < 1.29 is 23.9 Å². The van der Waals surface area contributed by atoms with E-state index in [1.54, 1.807) is 0 Å². The first kappa shape index (κ1) is 21.8. The van der Waals surface area contributed by atoms with Gasteiger partial charge in [0.2, 0.25) is 5.91 Å². The first-order chi connectivity index (χ1) is 15.4. The number of ether oxygens (including phenoxy) is 1. The highest BCUT2D eigenvalue weighted by Gasteiger charge is 2.52. The molecule has 5 aliphatic rings. The second kappa shape index (κ2) is 8.74. The lowest BCUT2D eigenvalue weighted by Gasteiger charge is -2.37. The summed E-state index contributed by atoms with van der Waals surface area (Å²) in [4.78, 5) is 57.7. The van der Waals surface area contributed by atoms with Crippen LogP contribution in [-0.4, -0.2) is 95.5 Å². The van der Waals surface area contributed by atoms with Gasteiger partial charge in [-0.1, -0.05) is 6.42 Å². The molecule has 2 aliphatic carbocycles. The lowest BCUT2D eigenvalue weighted by molar-refractivity contribution is -0.145. The van der Waals surface area contributed by atoms with Crippen molar-refractivity contribution in [3.63, 3.8) is 0 Å². The number of morpholine rings is 1. The summed E-state index contributed by atoms with van der Waals surface area (Å²) in [6, 6.07) is -0.729. The minimum atomic E-state index is -0.730. The van der Waals surface area contributed by atoms with Crippen LogP contribution >= 0.6 is 0 Å². The van der Waals surface area contributed by atoms with E-state index >= 15 is 0 Å². The molecule has 0 N–H and O–H groups in total. The summed E-state index contributed by atoms with van der Waals surface area (Å²) >= 11 is 0. The second-order valence-electron chi connectivity index (χ2n) is 10.3. The fourth-order valence-corrected chi connectivity index (χ4v) is 6.71. The Balaban J connectivity index is 1.22. The van der Waals surface area contributed by atoms with Gasteiger partial charge in [0.25, 0.3) is 0 Å². The molecule has 0 spiro atoms. The molecule has 0 aromatic heterocycles. The van der Waals surface area contributed by atoms with Gasteiger partial charge < -0.3 is 9.64 Å². The molecule has 3 aliphatic heterocycles. The van der Waals surface area contributed by atoms with Gasteiger partial charge in [0.15, 0.2) is 0 Å². The van der Waals surface area contributed by atoms with E-state index in [1.165, 1.54) is 24.2 Å². The maximum Gasteiger partial charge on any atom is 0.335 e. The molecule has 2 bridgehead atoms. The smallest absolute Gasteiger partial charge is 0.335 e. The van der Waals surface area contributed by atoms with E-state index in [4.69, 9.17) is 4.74 Å². The van der Waals surface area contributed by atoms with E-state index in [2.05, 4.69) is 0 Å². The van der Waals surface area contributed by atoms with Gasteiger partial charge in [0.1, 0.15) is 0 Å². The molecule has 5 rings (SSSR count). The number of carbonyl (C=O) groups is 4. The molecule has 0 unspecified atom stereocenters. The van der Waals surface area contributed by atoms with Crippen LogP contribution in [0.2, 0.25) is 0 Å².